The first kappa shape index (κ1) is 9.47. The van der Waals surface area contributed by atoms with Crippen molar-refractivity contribution in [2.75, 3.05) is 13.2 Å². The molecule has 1 saturated heterocycles. The fourth-order valence-corrected chi connectivity index (χ4v) is 2.79. The smallest absolute Gasteiger partial charge is 0.0497 e. The van der Waals surface area contributed by atoms with Gasteiger partial charge in [-0.2, -0.15) is 0 Å². The first-order valence-electron chi connectivity index (χ1n) is 5.69. The van der Waals surface area contributed by atoms with Gasteiger partial charge in [0.15, 0.2) is 0 Å². The molecule has 2 rings (SSSR count). The van der Waals surface area contributed by atoms with E-state index in [1.807, 2.05) is 0 Å². The average Bonchev–Trinajstić information content (AvgIpc) is 2.56. The largest absolute Gasteiger partial charge is 0.381 e. The molecular weight excluding hydrogens is 162 g/mol. The topological polar surface area (TPSA) is 35.2 Å². The lowest BCUT2D eigenvalue weighted by atomic mass is 9.85. The Hall–Kier alpha value is -0.0800. The van der Waals surface area contributed by atoms with Crippen LogP contribution in [0.25, 0.3) is 0 Å². The molecular formula is C11H21NO. The van der Waals surface area contributed by atoms with Gasteiger partial charge in [-0.05, 0) is 31.1 Å². The second-order valence-electron chi connectivity index (χ2n) is 4.66. The second-order valence-corrected chi connectivity index (χ2v) is 4.66. The molecule has 3 unspecified atom stereocenters. The molecule has 3 atom stereocenters. The normalized spacial score (nSPS) is 41.8. The van der Waals surface area contributed by atoms with Crippen molar-refractivity contribution >= 4 is 0 Å². The predicted molar refractivity (Wildman–Crippen MR) is 53.5 cm³/mol. The van der Waals surface area contributed by atoms with E-state index in [0.717, 1.165) is 25.0 Å². The van der Waals surface area contributed by atoms with E-state index in [9.17, 15) is 0 Å². The second kappa shape index (κ2) is 4.43. The molecule has 2 aliphatic rings. The Bertz CT molecular complexity index is 154. The fraction of sp³-hybridized carbons (Fsp3) is 1.00. The molecule has 1 aliphatic carbocycles. The maximum absolute atomic E-state index is 6.05. The van der Waals surface area contributed by atoms with Crippen molar-refractivity contribution in [3.05, 3.63) is 0 Å². The summed E-state index contributed by atoms with van der Waals surface area (Å²) in [6, 6.07) is 0.466. The van der Waals surface area contributed by atoms with Crippen molar-refractivity contribution < 1.29 is 4.74 Å². The van der Waals surface area contributed by atoms with Crippen LogP contribution in [0.5, 0.6) is 0 Å². The third-order valence-corrected chi connectivity index (χ3v) is 3.64. The lowest BCUT2D eigenvalue weighted by molar-refractivity contribution is 0.166. The summed E-state index contributed by atoms with van der Waals surface area (Å²) in [6.45, 7) is 1.98. The molecule has 2 heteroatoms. The van der Waals surface area contributed by atoms with Gasteiger partial charge in [-0.3, -0.25) is 0 Å². The van der Waals surface area contributed by atoms with Crippen LogP contribution in [0.4, 0.5) is 0 Å². The van der Waals surface area contributed by atoms with Gasteiger partial charge in [0, 0.05) is 19.3 Å². The minimum absolute atomic E-state index is 0.466. The molecule has 0 aromatic rings. The van der Waals surface area contributed by atoms with E-state index >= 15 is 0 Å². The highest BCUT2D eigenvalue weighted by atomic mass is 16.5. The molecule has 2 nitrogen and oxygen atoms in total. The summed E-state index contributed by atoms with van der Waals surface area (Å²) in [5.41, 5.74) is 6.05. The van der Waals surface area contributed by atoms with Crippen LogP contribution >= 0.6 is 0 Å². The number of hydrogen-bond donors (Lipinski definition) is 1. The van der Waals surface area contributed by atoms with Crippen LogP contribution in [0, 0.1) is 11.8 Å². The number of rotatable bonds is 1. The molecule has 0 bridgehead atoms. The summed E-state index contributed by atoms with van der Waals surface area (Å²) in [5, 5.41) is 0. The maximum Gasteiger partial charge on any atom is 0.0497 e. The van der Waals surface area contributed by atoms with Gasteiger partial charge in [-0.1, -0.05) is 19.3 Å². The summed E-state index contributed by atoms with van der Waals surface area (Å²) in [6.07, 6.45) is 7.87. The molecule has 0 spiro atoms. The first-order valence-corrected chi connectivity index (χ1v) is 5.69. The highest BCUT2D eigenvalue weighted by Gasteiger charge is 2.28. The summed E-state index contributed by atoms with van der Waals surface area (Å²) in [4.78, 5) is 0. The number of hydrogen-bond acceptors (Lipinski definition) is 2. The van der Waals surface area contributed by atoms with Gasteiger partial charge >= 0.3 is 0 Å². The van der Waals surface area contributed by atoms with Crippen LogP contribution < -0.4 is 5.73 Å². The third kappa shape index (κ3) is 2.44. The Morgan fingerprint density at radius 1 is 1.00 bits per heavy atom. The zero-order chi connectivity index (χ0) is 9.10. The molecule has 1 heterocycles. The molecule has 13 heavy (non-hydrogen) atoms. The van der Waals surface area contributed by atoms with E-state index in [0.29, 0.717) is 6.04 Å². The number of ether oxygens (including phenoxy) is 1. The summed E-state index contributed by atoms with van der Waals surface area (Å²) in [5.74, 6) is 1.68. The van der Waals surface area contributed by atoms with Crippen molar-refractivity contribution in [1.82, 2.24) is 0 Å². The number of nitrogens with two attached hydrogens (primary N) is 1. The zero-order valence-corrected chi connectivity index (χ0v) is 8.37. The molecule has 0 aromatic carbocycles. The predicted octanol–water partition coefficient (Wildman–Crippen LogP) is 1.93. The van der Waals surface area contributed by atoms with Gasteiger partial charge < -0.3 is 10.5 Å². The molecule has 0 radical (unpaired) electrons. The minimum Gasteiger partial charge on any atom is -0.381 e. The first-order chi connectivity index (χ1) is 6.36. The Balaban J connectivity index is 1.88. The van der Waals surface area contributed by atoms with Gasteiger partial charge in [0.1, 0.15) is 0 Å². The van der Waals surface area contributed by atoms with Gasteiger partial charge in [0.2, 0.25) is 0 Å². The highest BCUT2D eigenvalue weighted by Crippen LogP contribution is 2.32. The van der Waals surface area contributed by atoms with Crippen LogP contribution in [0.1, 0.15) is 38.5 Å². The Morgan fingerprint density at radius 2 is 1.85 bits per heavy atom. The molecule has 0 aromatic heterocycles. The van der Waals surface area contributed by atoms with Gasteiger partial charge in [-0.25, -0.2) is 0 Å². The van der Waals surface area contributed by atoms with Crippen molar-refractivity contribution in [2.45, 2.75) is 44.6 Å². The summed E-state index contributed by atoms with van der Waals surface area (Å²) < 4.78 is 5.45. The lowest BCUT2D eigenvalue weighted by Crippen LogP contribution is -2.25. The zero-order valence-electron chi connectivity index (χ0n) is 8.37. The molecule has 76 valence electrons. The van der Waals surface area contributed by atoms with E-state index in [-0.39, 0.29) is 0 Å². The Kier molecular flexibility index (Phi) is 3.23. The van der Waals surface area contributed by atoms with E-state index < -0.39 is 0 Å². The average molecular weight is 183 g/mol. The van der Waals surface area contributed by atoms with Crippen LogP contribution in [0.3, 0.4) is 0 Å². The molecule has 1 saturated carbocycles. The van der Waals surface area contributed by atoms with Crippen LogP contribution in [-0.2, 0) is 4.74 Å². The molecule has 2 N–H and O–H groups in total. The fourth-order valence-electron chi connectivity index (χ4n) is 2.79. The van der Waals surface area contributed by atoms with Crippen molar-refractivity contribution in [3.63, 3.8) is 0 Å². The van der Waals surface area contributed by atoms with Crippen molar-refractivity contribution in [1.29, 1.82) is 0 Å². The maximum atomic E-state index is 6.05. The van der Waals surface area contributed by atoms with Crippen molar-refractivity contribution in [2.24, 2.45) is 17.6 Å². The van der Waals surface area contributed by atoms with Crippen LogP contribution in [0.15, 0.2) is 0 Å². The van der Waals surface area contributed by atoms with E-state index in [1.165, 1.54) is 38.5 Å². The molecule has 1 aliphatic heterocycles. The molecule has 0 amide bonds. The van der Waals surface area contributed by atoms with Gasteiger partial charge in [-0.15, -0.1) is 0 Å². The quantitative estimate of drug-likeness (QED) is 0.630. The van der Waals surface area contributed by atoms with Crippen LogP contribution in [-0.4, -0.2) is 19.3 Å². The van der Waals surface area contributed by atoms with Gasteiger partial charge in [0.25, 0.3) is 0 Å². The van der Waals surface area contributed by atoms with Crippen LogP contribution in [0.2, 0.25) is 0 Å². The standard InChI is InChI=1S/C11H21NO/c12-11-4-2-1-3-9(7-11)10-5-6-13-8-10/h9-11H,1-8,12H2. The van der Waals surface area contributed by atoms with E-state index in [4.69, 9.17) is 10.5 Å². The minimum atomic E-state index is 0.466. The van der Waals surface area contributed by atoms with E-state index in [1.54, 1.807) is 0 Å². The van der Waals surface area contributed by atoms with Crippen molar-refractivity contribution in [3.8, 4) is 0 Å². The van der Waals surface area contributed by atoms with E-state index in [2.05, 4.69) is 0 Å². The SMILES string of the molecule is NC1CCCCC(C2CCOC2)C1. The summed E-state index contributed by atoms with van der Waals surface area (Å²) in [7, 11) is 0. The monoisotopic (exact) mass is 183 g/mol. The lowest BCUT2D eigenvalue weighted by Gasteiger charge is -2.22. The van der Waals surface area contributed by atoms with Gasteiger partial charge in [0.05, 0.1) is 0 Å². The highest BCUT2D eigenvalue weighted by molar-refractivity contribution is 4.80. The third-order valence-electron chi connectivity index (χ3n) is 3.64. The molecule has 2 fully saturated rings. The Labute approximate surface area is 80.8 Å². The Morgan fingerprint density at radius 3 is 2.62 bits per heavy atom. The summed E-state index contributed by atoms with van der Waals surface area (Å²) >= 11 is 0.